The first-order valence-electron chi connectivity index (χ1n) is 5.53. The number of aryl methyl sites for hydroxylation is 1. The molecule has 2 heterocycles. The van der Waals surface area contributed by atoms with Crippen molar-refractivity contribution in [1.82, 2.24) is 4.98 Å². The van der Waals surface area contributed by atoms with Crippen LogP contribution in [0.5, 0.6) is 0 Å². The van der Waals surface area contributed by atoms with Gasteiger partial charge < -0.3 is 10.5 Å². The van der Waals surface area contributed by atoms with Crippen molar-refractivity contribution in [2.24, 2.45) is 11.7 Å². The van der Waals surface area contributed by atoms with Crippen LogP contribution in [0.25, 0.3) is 0 Å². The Morgan fingerprint density at radius 3 is 3.13 bits per heavy atom. The summed E-state index contributed by atoms with van der Waals surface area (Å²) in [6.07, 6.45) is 4.12. The average Bonchev–Trinajstić information content (AvgIpc) is 2.29. The highest BCUT2D eigenvalue weighted by Crippen LogP contribution is 2.26. The van der Waals surface area contributed by atoms with E-state index in [1.54, 1.807) is 0 Å². The Morgan fingerprint density at radius 1 is 1.60 bits per heavy atom. The molecule has 1 aliphatic heterocycles. The highest BCUT2D eigenvalue weighted by Gasteiger charge is 2.22. The van der Waals surface area contributed by atoms with Crippen molar-refractivity contribution >= 4 is 0 Å². The molecule has 0 spiro atoms. The number of pyridine rings is 1. The van der Waals surface area contributed by atoms with E-state index in [1.807, 2.05) is 19.2 Å². The number of nitrogens with zero attached hydrogens (tertiary/aromatic N) is 1. The second-order valence-corrected chi connectivity index (χ2v) is 4.23. The fourth-order valence-corrected chi connectivity index (χ4v) is 2.10. The molecule has 0 aliphatic carbocycles. The van der Waals surface area contributed by atoms with E-state index in [2.05, 4.69) is 11.1 Å². The van der Waals surface area contributed by atoms with Crippen molar-refractivity contribution in [3.63, 3.8) is 0 Å². The first-order valence-corrected chi connectivity index (χ1v) is 5.53. The molecule has 82 valence electrons. The molecule has 2 unspecified atom stereocenters. The van der Waals surface area contributed by atoms with Crippen molar-refractivity contribution in [1.29, 1.82) is 0 Å². The summed E-state index contributed by atoms with van der Waals surface area (Å²) in [7, 11) is 0. The zero-order chi connectivity index (χ0) is 10.7. The maximum absolute atomic E-state index is 6.23. The molecule has 0 bridgehead atoms. The van der Waals surface area contributed by atoms with Crippen LogP contribution in [0, 0.1) is 12.8 Å². The van der Waals surface area contributed by atoms with Crippen LogP contribution in [0.2, 0.25) is 0 Å². The summed E-state index contributed by atoms with van der Waals surface area (Å²) in [4.78, 5) is 4.18. The maximum atomic E-state index is 6.23. The molecule has 3 nitrogen and oxygen atoms in total. The predicted octanol–water partition coefficient (Wildman–Crippen LogP) is 1.82. The van der Waals surface area contributed by atoms with Crippen molar-refractivity contribution in [2.75, 3.05) is 13.2 Å². The van der Waals surface area contributed by atoms with Gasteiger partial charge in [-0.15, -0.1) is 0 Å². The third-order valence-corrected chi connectivity index (χ3v) is 3.01. The van der Waals surface area contributed by atoms with Crippen molar-refractivity contribution in [3.05, 3.63) is 29.6 Å². The molecule has 1 aliphatic rings. The quantitative estimate of drug-likeness (QED) is 0.803. The Balaban J connectivity index is 2.08. The smallest absolute Gasteiger partial charge is 0.0512 e. The molecular formula is C12H18N2O. The molecule has 0 radical (unpaired) electrons. The first-order chi connectivity index (χ1) is 7.27. The Bertz CT molecular complexity index is 321. The minimum atomic E-state index is 0.0898. The lowest BCUT2D eigenvalue weighted by molar-refractivity contribution is 0.0447. The summed E-state index contributed by atoms with van der Waals surface area (Å²) in [5.41, 5.74) is 8.44. The van der Waals surface area contributed by atoms with Gasteiger partial charge in [0, 0.05) is 30.5 Å². The molecule has 15 heavy (non-hydrogen) atoms. The lowest BCUT2D eigenvalue weighted by Crippen LogP contribution is -2.29. The number of ether oxygens (including phenoxy) is 1. The van der Waals surface area contributed by atoms with Gasteiger partial charge in [0.2, 0.25) is 0 Å². The van der Waals surface area contributed by atoms with Gasteiger partial charge in [-0.25, -0.2) is 0 Å². The van der Waals surface area contributed by atoms with E-state index in [1.165, 1.54) is 12.0 Å². The molecule has 0 amide bonds. The fraction of sp³-hybridized carbons (Fsp3) is 0.583. The molecule has 2 rings (SSSR count). The average molecular weight is 206 g/mol. The first kappa shape index (κ1) is 10.6. The summed E-state index contributed by atoms with van der Waals surface area (Å²) in [6.45, 7) is 3.68. The van der Waals surface area contributed by atoms with Gasteiger partial charge in [-0.1, -0.05) is 0 Å². The Kier molecular flexibility index (Phi) is 3.34. The molecular weight excluding hydrogens is 188 g/mol. The van der Waals surface area contributed by atoms with Crippen molar-refractivity contribution < 1.29 is 4.74 Å². The third-order valence-electron chi connectivity index (χ3n) is 3.01. The number of hydrogen-bond acceptors (Lipinski definition) is 3. The zero-order valence-electron chi connectivity index (χ0n) is 9.15. The van der Waals surface area contributed by atoms with Crippen molar-refractivity contribution in [2.45, 2.75) is 25.8 Å². The van der Waals surface area contributed by atoms with E-state index in [0.717, 1.165) is 25.3 Å². The van der Waals surface area contributed by atoms with E-state index >= 15 is 0 Å². The summed E-state index contributed by atoms with van der Waals surface area (Å²) >= 11 is 0. The van der Waals surface area contributed by atoms with Crippen LogP contribution in [0.1, 0.15) is 30.1 Å². The summed E-state index contributed by atoms with van der Waals surface area (Å²) in [5, 5.41) is 0. The molecule has 0 saturated carbocycles. The van der Waals surface area contributed by atoms with E-state index in [-0.39, 0.29) is 6.04 Å². The van der Waals surface area contributed by atoms with E-state index in [4.69, 9.17) is 10.5 Å². The highest BCUT2D eigenvalue weighted by atomic mass is 16.5. The Labute approximate surface area is 90.7 Å². The molecule has 1 aromatic rings. The SMILES string of the molecule is Cc1cc(C(N)C2CCCOC2)ccn1. The van der Waals surface area contributed by atoms with Gasteiger partial charge in [-0.2, -0.15) is 0 Å². The third kappa shape index (κ3) is 2.55. The van der Waals surface area contributed by atoms with E-state index in [0.29, 0.717) is 5.92 Å². The van der Waals surface area contributed by atoms with Crippen LogP contribution in [0.4, 0.5) is 0 Å². The summed E-state index contributed by atoms with van der Waals surface area (Å²) < 4.78 is 5.46. The lowest BCUT2D eigenvalue weighted by Gasteiger charge is -2.27. The zero-order valence-corrected chi connectivity index (χ0v) is 9.15. The van der Waals surface area contributed by atoms with E-state index < -0.39 is 0 Å². The van der Waals surface area contributed by atoms with Crippen LogP contribution in [-0.4, -0.2) is 18.2 Å². The fourth-order valence-electron chi connectivity index (χ4n) is 2.10. The van der Waals surface area contributed by atoms with Crippen LogP contribution < -0.4 is 5.73 Å². The molecule has 3 heteroatoms. The number of hydrogen-bond donors (Lipinski definition) is 1. The summed E-state index contributed by atoms with van der Waals surface area (Å²) in [5.74, 6) is 0.459. The largest absolute Gasteiger partial charge is 0.381 e. The number of aromatic nitrogens is 1. The Hall–Kier alpha value is -0.930. The number of rotatable bonds is 2. The van der Waals surface area contributed by atoms with Gasteiger partial charge in [0.25, 0.3) is 0 Å². The molecule has 2 N–H and O–H groups in total. The maximum Gasteiger partial charge on any atom is 0.0512 e. The normalized spacial score (nSPS) is 23.7. The summed E-state index contributed by atoms with van der Waals surface area (Å²) in [6, 6.07) is 4.16. The standard InChI is InChI=1S/C12H18N2O/c1-9-7-10(4-5-14-9)12(13)11-3-2-6-15-8-11/h4-5,7,11-12H,2-3,6,8,13H2,1H3. The molecule has 0 aromatic carbocycles. The second-order valence-electron chi connectivity index (χ2n) is 4.23. The van der Waals surface area contributed by atoms with E-state index in [9.17, 15) is 0 Å². The highest BCUT2D eigenvalue weighted by molar-refractivity contribution is 5.19. The van der Waals surface area contributed by atoms with Crippen LogP contribution in [0.3, 0.4) is 0 Å². The Morgan fingerprint density at radius 2 is 2.47 bits per heavy atom. The monoisotopic (exact) mass is 206 g/mol. The van der Waals surface area contributed by atoms with Crippen LogP contribution in [0.15, 0.2) is 18.3 Å². The number of nitrogens with two attached hydrogens (primary N) is 1. The van der Waals surface area contributed by atoms with Gasteiger partial charge >= 0.3 is 0 Å². The van der Waals surface area contributed by atoms with Gasteiger partial charge in [0.15, 0.2) is 0 Å². The van der Waals surface area contributed by atoms with Crippen LogP contribution >= 0.6 is 0 Å². The predicted molar refractivity (Wildman–Crippen MR) is 59.4 cm³/mol. The van der Waals surface area contributed by atoms with Gasteiger partial charge in [0.05, 0.1) is 6.61 Å². The molecule has 1 saturated heterocycles. The van der Waals surface area contributed by atoms with Gasteiger partial charge in [-0.05, 0) is 37.5 Å². The lowest BCUT2D eigenvalue weighted by atomic mass is 9.89. The van der Waals surface area contributed by atoms with Gasteiger partial charge in [0.1, 0.15) is 0 Å². The minimum Gasteiger partial charge on any atom is -0.381 e. The molecule has 1 fully saturated rings. The molecule has 2 atom stereocenters. The van der Waals surface area contributed by atoms with Crippen LogP contribution in [-0.2, 0) is 4.74 Å². The second kappa shape index (κ2) is 4.73. The van der Waals surface area contributed by atoms with Crippen molar-refractivity contribution in [3.8, 4) is 0 Å². The molecule has 1 aromatic heterocycles. The minimum absolute atomic E-state index is 0.0898. The topological polar surface area (TPSA) is 48.1 Å². The van der Waals surface area contributed by atoms with Gasteiger partial charge in [-0.3, -0.25) is 4.98 Å².